The van der Waals surface area contributed by atoms with Gasteiger partial charge in [-0.25, -0.2) is 4.79 Å². The van der Waals surface area contributed by atoms with Gasteiger partial charge in [-0.1, -0.05) is 0 Å². The van der Waals surface area contributed by atoms with Gasteiger partial charge >= 0.3 is 12.1 Å². The first-order chi connectivity index (χ1) is 7.59. The Labute approximate surface area is 100 Å². The summed E-state index contributed by atoms with van der Waals surface area (Å²) < 4.78 is 30.9. The monoisotopic (exact) mass is 250 g/mol. The van der Waals surface area contributed by atoms with Crippen LogP contribution in [-0.2, 0) is 4.74 Å². The molecule has 0 aromatic carbocycles. The Morgan fingerprint density at radius 2 is 1.76 bits per heavy atom. The molecule has 0 aliphatic carbocycles. The number of hydrogen-bond donors (Lipinski definition) is 1. The van der Waals surface area contributed by atoms with Gasteiger partial charge < -0.3 is 9.64 Å². The summed E-state index contributed by atoms with van der Waals surface area (Å²) in [7, 11) is 0. The fourth-order valence-electron chi connectivity index (χ4n) is 1.77. The summed E-state index contributed by atoms with van der Waals surface area (Å²) in [6.07, 6.45) is -0.0258. The van der Waals surface area contributed by atoms with Gasteiger partial charge in [0.25, 0.3) is 0 Å². The van der Waals surface area contributed by atoms with Crippen LogP contribution >= 0.6 is 0 Å². The summed E-state index contributed by atoms with van der Waals surface area (Å²) in [6, 6.07) is -3.15. The van der Waals surface area contributed by atoms with E-state index in [9.17, 15) is 13.6 Å². The highest BCUT2D eigenvalue weighted by molar-refractivity contribution is 5.68. The molecule has 17 heavy (non-hydrogen) atoms. The smallest absolute Gasteiger partial charge is 0.410 e. The molecule has 0 aromatic heterocycles. The maximum Gasteiger partial charge on any atom is 0.410 e. The molecule has 0 unspecified atom stereocenters. The minimum Gasteiger partial charge on any atom is -0.444 e. The van der Waals surface area contributed by atoms with Crippen LogP contribution in [0.2, 0.25) is 0 Å². The van der Waals surface area contributed by atoms with Gasteiger partial charge in [-0.15, -0.1) is 0 Å². The highest BCUT2D eigenvalue weighted by atomic mass is 19.3. The molecular formula is C11H20F2N2O2. The number of piperidine rings is 1. The van der Waals surface area contributed by atoms with E-state index in [2.05, 4.69) is 0 Å². The second kappa shape index (κ2) is 4.76. The van der Waals surface area contributed by atoms with Gasteiger partial charge in [-0.2, -0.15) is 8.78 Å². The standard InChI is InChI=1S/C11H20F2N2O2/c1-10(2,3)17-9(16)15-6-4-8(5-7-15)11(12,13)14/h8H,4-7,14H2,1-3H3. The van der Waals surface area contributed by atoms with Crippen LogP contribution in [0.1, 0.15) is 33.6 Å². The van der Waals surface area contributed by atoms with Crippen molar-refractivity contribution in [3.63, 3.8) is 0 Å². The Bertz CT molecular complexity index is 276. The quantitative estimate of drug-likeness (QED) is 0.726. The summed E-state index contributed by atoms with van der Waals surface area (Å²) in [5.74, 6) is -0.846. The topological polar surface area (TPSA) is 55.6 Å². The lowest BCUT2D eigenvalue weighted by Crippen LogP contribution is -2.47. The summed E-state index contributed by atoms with van der Waals surface area (Å²) in [4.78, 5) is 13.1. The fraction of sp³-hybridized carbons (Fsp3) is 0.909. The molecule has 1 aliphatic heterocycles. The van der Waals surface area contributed by atoms with Gasteiger partial charge in [0.15, 0.2) is 0 Å². The highest BCUT2D eigenvalue weighted by Gasteiger charge is 2.38. The number of nitrogens with zero attached hydrogens (tertiary/aromatic N) is 1. The zero-order valence-corrected chi connectivity index (χ0v) is 10.5. The molecule has 1 amide bonds. The normalized spacial score (nSPS) is 19.3. The molecule has 0 saturated carbocycles. The average molecular weight is 250 g/mol. The maximum atomic E-state index is 12.9. The number of nitrogens with two attached hydrogens (primary N) is 1. The van der Waals surface area contributed by atoms with Crippen molar-refractivity contribution in [2.75, 3.05) is 13.1 Å². The molecule has 2 N–H and O–H groups in total. The molecule has 6 heteroatoms. The van der Waals surface area contributed by atoms with Crippen LogP contribution in [0.5, 0.6) is 0 Å². The number of likely N-dealkylation sites (tertiary alicyclic amines) is 1. The lowest BCUT2D eigenvalue weighted by atomic mass is 9.95. The molecular weight excluding hydrogens is 230 g/mol. The zero-order chi connectivity index (χ0) is 13.3. The van der Waals surface area contributed by atoms with E-state index >= 15 is 0 Å². The summed E-state index contributed by atoms with van der Waals surface area (Å²) in [5.41, 5.74) is 4.20. The maximum absolute atomic E-state index is 12.9. The van der Waals surface area contributed by atoms with Crippen LogP contribution in [0.3, 0.4) is 0 Å². The van der Waals surface area contributed by atoms with Crippen molar-refractivity contribution >= 4 is 6.09 Å². The van der Waals surface area contributed by atoms with Crippen LogP contribution in [0.4, 0.5) is 13.6 Å². The minimum absolute atomic E-state index is 0.211. The minimum atomic E-state index is -3.15. The van der Waals surface area contributed by atoms with Gasteiger partial charge in [-0.3, -0.25) is 5.73 Å². The summed E-state index contributed by atoms with van der Waals surface area (Å²) in [6.45, 7) is 5.85. The van der Waals surface area contributed by atoms with Crippen molar-refractivity contribution in [2.24, 2.45) is 11.7 Å². The Kier molecular flexibility index (Phi) is 3.96. The van der Waals surface area contributed by atoms with Crippen molar-refractivity contribution in [1.29, 1.82) is 0 Å². The number of carbonyl (C=O) groups excluding carboxylic acids is 1. The van der Waals surface area contributed by atoms with E-state index in [4.69, 9.17) is 10.5 Å². The van der Waals surface area contributed by atoms with E-state index < -0.39 is 23.7 Å². The van der Waals surface area contributed by atoms with E-state index in [0.717, 1.165) is 0 Å². The Hall–Kier alpha value is -0.910. The van der Waals surface area contributed by atoms with E-state index in [1.165, 1.54) is 4.90 Å². The van der Waals surface area contributed by atoms with Crippen LogP contribution in [0.25, 0.3) is 0 Å². The fourth-order valence-corrected chi connectivity index (χ4v) is 1.77. The van der Waals surface area contributed by atoms with Crippen LogP contribution in [0, 0.1) is 5.92 Å². The number of halogens is 2. The van der Waals surface area contributed by atoms with Gasteiger partial charge in [0.1, 0.15) is 5.60 Å². The Morgan fingerprint density at radius 3 is 2.12 bits per heavy atom. The predicted octanol–water partition coefficient (Wildman–Crippen LogP) is 2.19. The summed E-state index contributed by atoms with van der Waals surface area (Å²) >= 11 is 0. The lowest BCUT2D eigenvalue weighted by molar-refractivity contribution is -0.0743. The molecule has 1 heterocycles. The van der Waals surface area contributed by atoms with Crippen LogP contribution in [0.15, 0.2) is 0 Å². The third-order valence-corrected chi connectivity index (χ3v) is 2.69. The third-order valence-electron chi connectivity index (χ3n) is 2.69. The molecule has 0 aromatic rings. The first-order valence-electron chi connectivity index (χ1n) is 5.74. The molecule has 0 bridgehead atoms. The highest BCUT2D eigenvalue weighted by Crippen LogP contribution is 2.29. The van der Waals surface area contributed by atoms with Crippen molar-refractivity contribution in [1.82, 2.24) is 4.90 Å². The second-order valence-electron chi connectivity index (χ2n) is 5.42. The van der Waals surface area contributed by atoms with Crippen molar-refractivity contribution in [2.45, 2.75) is 45.3 Å². The molecule has 1 aliphatic rings. The van der Waals surface area contributed by atoms with Crippen LogP contribution in [-0.4, -0.2) is 35.7 Å². The SMILES string of the molecule is CC(C)(C)OC(=O)N1CCC(C(N)(F)F)CC1. The number of carbonyl (C=O) groups is 1. The van der Waals surface area contributed by atoms with E-state index in [-0.39, 0.29) is 25.9 Å². The zero-order valence-electron chi connectivity index (χ0n) is 10.5. The number of amides is 1. The van der Waals surface area contributed by atoms with Crippen LogP contribution < -0.4 is 5.73 Å². The second-order valence-corrected chi connectivity index (χ2v) is 5.42. The van der Waals surface area contributed by atoms with E-state index in [0.29, 0.717) is 0 Å². The first kappa shape index (κ1) is 14.2. The third kappa shape index (κ3) is 4.46. The number of rotatable bonds is 1. The summed E-state index contributed by atoms with van der Waals surface area (Å²) in [5, 5.41) is 0. The molecule has 1 rings (SSSR count). The molecule has 4 nitrogen and oxygen atoms in total. The van der Waals surface area contributed by atoms with Crippen molar-refractivity contribution in [3.8, 4) is 0 Å². The number of alkyl halides is 2. The van der Waals surface area contributed by atoms with E-state index in [1.54, 1.807) is 20.8 Å². The van der Waals surface area contributed by atoms with Crippen molar-refractivity contribution in [3.05, 3.63) is 0 Å². The average Bonchev–Trinajstić information content (AvgIpc) is 2.14. The molecule has 0 spiro atoms. The molecule has 0 radical (unpaired) electrons. The number of ether oxygens (including phenoxy) is 1. The van der Waals surface area contributed by atoms with Gasteiger partial charge in [-0.05, 0) is 33.6 Å². The Morgan fingerprint density at radius 1 is 1.29 bits per heavy atom. The van der Waals surface area contributed by atoms with Crippen molar-refractivity contribution < 1.29 is 18.3 Å². The molecule has 0 atom stereocenters. The first-order valence-corrected chi connectivity index (χ1v) is 5.74. The lowest BCUT2D eigenvalue weighted by Gasteiger charge is -2.35. The van der Waals surface area contributed by atoms with Gasteiger partial charge in [0, 0.05) is 19.0 Å². The Balaban J connectivity index is 2.45. The molecule has 100 valence electrons. The predicted molar refractivity (Wildman–Crippen MR) is 59.7 cm³/mol. The largest absolute Gasteiger partial charge is 0.444 e. The van der Waals surface area contributed by atoms with E-state index in [1.807, 2.05) is 0 Å². The van der Waals surface area contributed by atoms with Gasteiger partial charge in [0.2, 0.25) is 0 Å². The van der Waals surface area contributed by atoms with Gasteiger partial charge in [0.05, 0.1) is 0 Å². The number of hydrogen-bond acceptors (Lipinski definition) is 3. The molecule has 1 saturated heterocycles. The molecule has 1 fully saturated rings.